The Kier molecular flexibility index (Phi) is 3.35. The molecular weight excluding hydrogens is 343 g/mol. The molecule has 0 fully saturated rings. The van der Waals surface area contributed by atoms with Crippen molar-refractivity contribution in [3.63, 3.8) is 0 Å². The molecule has 0 saturated heterocycles. The first-order chi connectivity index (χ1) is 10.3. The van der Waals surface area contributed by atoms with E-state index >= 15 is 0 Å². The molecule has 0 aliphatic carbocycles. The molecule has 0 amide bonds. The molecule has 0 radical (unpaired) electrons. The first kappa shape index (κ1) is 13.2. The first-order valence-electron chi connectivity index (χ1n) is 6.94. The van der Waals surface area contributed by atoms with Crippen molar-refractivity contribution < 1.29 is 0 Å². The van der Waals surface area contributed by atoms with Crippen molar-refractivity contribution in [3.05, 3.63) is 94.5 Å². The second-order valence-electron chi connectivity index (χ2n) is 5.17. The van der Waals surface area contributed by atoms with Gasteiger partial charge in [0.15, 0.2) is 0 Å². The number of fused-ring (bicyclic) bond motifs is 2. The Morgan fingerprint density at radius 1 is 0.714 bits per heavy atom. The van der Waals surface area contributed by atoms with Crippen molar-refractivity contribution in [2.75, 3.05) is 0 Å². The standard InChI is InChI=1S/C19H13ClSe/c20-14-10-11-18-16(12-14)19(13-6-2-1-3-7-13)15-8-4-5-9-17(15)21-18/h1-12,19H. The monoisotopic (exact) mass is 356 g/mol. The van der Waals surface area contributed by atoms with E-state index in [0.717, 1.165) is 5.02 Å². The molecule has 1 unspecified atom stereocenters. The van der Waals surface area contributed by atoms with Gasteiger partial charge in [-0.25, -0.2) is 0 Å². The van der Waals surface area contributed by atoms with Gasteiger partial charge in [0, 0.05) is 0 Å². The third kappa shape index (κ3) is 2.32. The zero-order valence-electron chi connectivity index (χ0n) is 11.3. The van der Waals surface area contributed by atoms with Crippen LogP contribution in [-0.4, -0.2) is 15.0 Å². The van der Waals surface area contributed by atoms with E-state index < -0.39 is 0 Å². The van der Waals surface area contributed by atoms with Crippen LogP contribution >= 0.6 is 11.6 Å². The van der Waals surface area contributed by atoms with E-state index in [1.807, 2.05) is 6.07 Å². The quantitative estimate of drug-likeness (QED) is 0.459. The van der Waals surface area contributed by atoms with Gasteiger partial charge >= 0.3 is 136 Å². The minimum absolute atomic E-state index is 0.298. The van der Waals surface area contributed by atoms with Crippen LogP contribution in [0, 0.1) is 0 Å². The maximum absolute atomic E-state index is 6.26. The zero-order valence-corrected chi connectivity index (χ0v) is 13.8. The third-order valence-corrected chi connectivity index (χ3v) is 6.58. The van der Waals surface area contributed by atoms with E-state index in [-0.39, 0.29) is 0 Å². The van der Waals surface area contributed by atoms with Gasteiger partial charge in [0.05, 0.1) is 0 Å². The van der Waals surface area contributed by atoms with Crippen LogP contribution in [0.4, 0.5) is 0 Å². The predicted molar refractivity (Wildman–Crippen MR) is 90.3 cm³/mol. The Labute approximate surface area is 135 Å². The molecular formula is C19H13ClSe. The average Bonchev–Trinajstić information content (AvgIpc) is 2.53. The van der Waals surface area contributed by atoms with Crippen molar-refractivity contribution in [2.45, 2.75) is 5.92 Å². The first-order valence-corrected chi connectivity index (χ1v) is 9.03. The van der Waals surface area contributed by atoms with Crippen molar-refractivity contribution in [3.8, 4) is 0 Å². The fraction of sp³-hybridized carbons (Fsp3) is 0.0526. The van der Waals surface area contributed by atoms with Gasteiger partial charge in [-0.3, -0.25) is 0 Å². The SMILES string of the molecule is Clc1ccc2c(c1)C(c1ccccc1)c1ccccc1[Se]2. The van der Waals surface area contributed by atoms with E-state index in [4.69, 9.17) is 11.6 Å². The van der Waals surface area contributed by atoms with Crippen LogP contribution in [0.3, 0.4) is 0 Å². The second-order valence-corrected chi connectivity index (χ2v) is 7.88. The number of hydrogen-bond donors (Lipinski definition) is 0. The molecule has 0 nitrogen and oxygen atoms in total. The summed E-state index contributed by atoms with van der Waals surface area (Å²) in [5, 5.41) is 0.824. The normalized spacial score (nSPS) is 16.1. The number of halogens is 1. The molecule has 21 heavy (non-hydrogen) atoms. The van der Waals surface area contributed by atoms with Gasteiger partial charge in [-0.1, -0.05) is 0 Å². The Balaban J connectivity index is 1.98. The minimum atomic E-state index is 0.298. The molecule has 1 aliphatic heterocycles. The molecule has 0 N–H and O–H groups in total. The van der Waals surface area contributed by atoms with Crippen LogP contribution in [0.5, 0.6) is 0 Å². The number of rotatable bonds is 1. The van der Waals surface area contributed by atoms with Crippen LogP contribution in [-0.2, 0) is 0 Å². The van der Waals surface area contributed by atoms with Gasteiger partial charge in [-0.15, -0.1) is 0 Å². The summed E-state index contributed by atoms with van der Waals surface area (Å²) in [5.41, 5.74) is 4.13. The van der Waals surface area contributed by atoms with Gasteiger partial charge < -0.3 is 0 Å². The molecule has 0 bridgehead atoms. The van der Waals surface area contributed by atoms with Gasteiger partial charge in [-0.2, -0.15) is 0 Å². The third-order valence-electron chi connectivity index (χ3n) is 3.87. The Bertz CT molecular complexity index is 796. The molecule has 1 aliphatic rings. The average molecular weight is 356 g/mol. The van der Waals surface area contributed by atoms with Crippen molar-refractivity contribution in [2.24, 2.45) is 0 Å². The van der Waals surface area contributed by atoms with Gasteiger partial charge in [0.2, 0.25) is 0 Å². The summed E-state index contributed by atoms with van der Waals surface area (Å²) >= 11 is 6.63. The molecule has 102 valence electrons. The summed E-state index contributed by atoms with van der Waals surface area (Å²) in [4.78, 5) is 0. The summed E-state index contributed by atoms with van der Waals surface area (Å²) in [6.07, 6.45) is 0. The van der Waals surface area contributed by atoms with Crippen molar-refractivity contribution in [1.82, 2.24) is 0 Å². The molecule has 3 aromatic carbocycles. The Morgan fingerprint density at radius 3 is 2.29 bits per heavy atom. The molecule has 4 rings (SSSR count). The second kappa shape index (κ2) is 5.35. The molecule has 0 spiro atoms. The summed E-state index contributed by atoms with van der Waals surface area (Å²) < 4.78 is 2.92. The van der Waals surface area contributed by atoms with Crippen LogP contribution in [0.25, 0.3) is 0 Å². The topological polar surface area (TPSA) is 0 Å². The molecule has 1 heterocycles. The fourth-order valence-electron chi connectivity index (χ4n) is 2.94. The van der Waals surface area contributed by atoms with Crippen LogP contribution in [0.15, 0.2) is 72.8 Å². The van der Waals surface area contributed by atoms with Gasteiger partial charge in [-0.05, 0) is 0 Å². The number of benzene rings is 3. The Morgan fingerprint density at radius 2 is 1.43 bits per heavy atom. The summed E-state index contributed by atoms with van der Waals surface area (Å²) in [6.45, 7) is 0. The van der Waals surface area contributed by atoms with E-state index in [9.17, 15) is 0 Å². The molecule has 1 atom stereocenters. The molecule has 3 aromatic rings. The van der Waals surface area contributed by atoms with Gasteiger partial charge in [0.25, 0.3) is 0 Å². The molecule has 0 aromatic heterocycles. The molecule has 2 heteroatoms. The van der Waals surface area contributed by atoms with E-state index in [1.165, 1.54) is 25.6 Å². The van der Waals surface area contributed by atoms with Crippen LogP contribution in [0.1, 0.15) is 22.6 Å². The fourth-order valence-corrected chi connectivity index (χ4v) is 5.47. The zero-order chi connectivity index (χ0) is 14.2. The van der Waals surface area contributed by atoms with E-state index in [1.54, 1.807) is 0 Å². The van der Waals surface area contributed by atoms with Crippen LogP contribution < -0.4 is 8.92 Å². The summed E-state index contributed by atoms with van der Waals surface area (Å²) in [6, 6.07) is 25.9. The van der Waals surface area contributed by atoms with E-state index in [2.05, 4.69) is 66.7 Å². The number of hydrogen-bond acceptors (Lipinski definition) is 0. The van der Waals surface area contributed by atoms with Gasteiger partial charge in [0.1, 0.15) is 0 Å². The van der Waals surface area contributed by atoms with Crippen molar-refractivity contribution in [1.29, 1.82) is 0 Å². The van der Waals surface area contributed by atoms with E-state index in [0.29, 0.717) is 20.9 Å². The van der Waals surface area contributed by atoms with Crippen molar-refractivity contribution >= 4 is 35.5 Å². The molecule has 0 saturated carbocycles. The maximum atomic E-state index is 6.26. The summed E-state index contributed by atoms with van der Waals surface area (Å²) in [7, 11) is 0. The Hall–Kier alpha value is -1.53. The summed E-state index contributed by atoms with van der Waals surface area (Å²) in [5.74, 6) is 0.298. The van der Waals surface area contributed by atoms with Crippen LogP contribution in [0.2, 0.25) is 5.02 Å². The predicted octanol–water partition coefficient (Wildman–Crippen LogP) is 3.49.